The van der Waals surface area contributed by atoms with Crippen LogP contribution in [0.25, 0.3) is 0 Å². The van der Waals surface area contributed by atoms with Crippen molar-refractivity contribution in [1.29, 1.82) is 0 Å². The molecule has 20 heavy (non-hydrogen) atoms. The van der Waals surface area contributed by atoms with Crippen LogP contribution in [0, 0.1) is 0 Å². The van der Waals surface area contributed by atoms with Crippen LogP contribution >= 0.6 is 0 Å². The van der Waals surface area contributed by atoms with Crippen molar-refractivity contribution in [3.63, 3.8) is 0 Å². The van der Waals surface area contributed by atoms with Crippen molar-refractivity contribution in [3.8, 4) is 0 Å². The molecule has 1 unspecified atom stereocenters. The van der Waals surface area contributed by atoms with Crippen LogP contribution in [0.3, 0.4) is 0 Å². The number of carboxylic acid groups (broad SMARTS) is 1. The minimum Gasteiger partial charge on any atom is -0.480 e. The van der Waals surface area contributed by atoms with Crippen LogP contribution in [0.4, 0.5) is 0 Å². The van der Waals surface area contributed by atoms with E-state index in [2.05, 4.69) is 0 Å². The molecule has 0 aromatic rings. The van der Waals surface area contributed by atoms with Gasteiger partial charge < -0.3 is 14.7 Å². The van der Waals surface area contributed by atoms with Crippen molar-refractivity contribution in [3.05, 3.63) is 0 Å². The maximum atomic E-state index is 11.6. The van der Waals surface area contributed by atoms with E-state index in [1.807, 2.05) is 0 Å². The molecule has 0 saturated carbocycles. The molecular formula is C11H20N2O6S. The fraction of sp³-hybridized carbons (Fsp3) is 0.818. The number of hydrogen-bond donors (Lipinski definition) is 1. The molecule has 0 spiro atoms. The van der Waals surface area contributed by atoms with Gasteiger partial charge in [-0.05, 0) is 0 Å². The van der Waals surface area contributed by atoms with Crippen LogP contribution in [0.2, 0.25) is 0 Å². The number of ether oxygens (including phenoxy) is 1. The van der Waals surface area contributed by atoms with E-state index < -0.39 is 28.6 Å². The summed E-state index contributed by atoms with van der Waals surface area (Å²) in [5, 5.41) is 8.74. The molecule has 0 aromatic heterocycles. The summed E-state index contributed by atoms with van der Waals surface area (Å²) in [6, 6.07) is 0. The lowest BCUT2D eigenvalue weighted by Crippen LogP contribution is -2.51. The van der Waals surface area contributed by atoms with Crippen LogP contribution in [-0.4, -0.2) is 79.8 Å². The number of amides is 1. The number of nitrogens with zero attached hydrogens (tertiary/aromatic N) is 2. The standard InChI is InChI=1S/C11H20N2O6S/c1-3-10(14)12-4-5-19-9(6-12)7-13(8-11(15)16)20(2,17)18/h9H,3-8H2,1-2H3,(H,15,16). The Bertz CT molecular complexity index is 464. The zero-order valence-electron chi connectivity index (χ0n) is 11.6. The first-order valence-corrected chi connectivity index (χ1v) is 8.15. The lowest BCUT2D eigenvalue weighted by molar-refractivity contribution is -0.141. The van der Waals surface area contributed by atoms with Gasteiger partial charge in [0.05, 0.1) is 19.0 Å². The molecule has 1 atom stereocenters. The van der Waals surface area contributed by atoms with Gasteiger partial charge >= 0.3 is 5.97 Å². The average molecular weight is 308 g/mol. The molecule has 1 saturated heterocycles. The third-order valence-electron chi connectivity index (χ3n) is 2.98. The van der Waals surface area contributed by atoms with Gasteiger partial charge in [-0.15, -0.1) is 0 Å². The summed E-state index contributed by atoms with van der Waals surface area (Å²) in [5.74, 6) is -1.25. The molecule has 1 aliphatic rings. The number of aliphatic carboxylic acids is 1. The first-order chi connectivity index (χ1) is 9.24. The van der Waals surface area contributed by atoms with E-state index in [-0.39, 0.29) is 19.0 Å². The van der Waals surface area contributed by atoms with Gasteiger partial charge in [0.15, 0.2) is 0 Å². The van der Waals surface area contributed by atoms with Crippen molar-refractivity contribution >= 4 is 21.9 Å². The van der Waals surface area contributed by atoms with E-state index in [0.717, 1.165) is 10.6 Å². The molecule has 1 heterocycles. The van der Waals surface area contributed by atoms with E-state index in [4.69, 9.17) is 9.84 Å². The number of carbonyl (C=O) groups is 2. The number of hydrogen-bond acceptors (Lipinski definition) is 5. The summed E-state index contributed by atoms with van der Waals surface area (Å²) in [7, 11) is -3.63. The molecule has 1 fully saturated rings. The topological polar surface area (TPSA) is 104 Å². The predicted octanol–water partition coefficient (Wildman–Crippen LogP) is -1.03. The van der Waals surface area contributed by atoms with Crippen LogP contribution in [0.15, 0.2) is 0 Å². The number of carbonyl (C=O) groups excluding carboxylic acids is 1. The summed E-state index contributed by atoms with van der Waals surface area (Å²) in [4.78, 5) is 23.9. The van der Waals surface area contributed by atoms with Crippen molar-refractivity contribution in [2.45, 2.75) is 19.4 Å². The molecule has 1 amide bonds. The monoisotopic (exact) mass is 308 g/mol. The van der Waals surface area contributed by atoms with Gasteiger partial charge in [0.2, 0.25) is 15.9 Å². The fourth-order valence-corrected chi connectivity index (χ4v) is 2.76. The Morgan fingerprint density at radius 2 is 2.10 bits per heavy atom. The third kappa shape index (κ3) is 5.06. The third-order valence-corrected chi connectivity index (χ3v) is 4.20. The fourth-order valence-electron chi connectivity index (χ4n) is 1.98. The predicted molar refractivity (Wildman–Crippen MR) is 70.7 cm³/mol. The Labute approximate surface area is 118 Å². The van der Waals surface area contributed by atoms with Crippen molar-refractivity contribution < 1.29 is 27.9 Å². The Hall–Kier alpha value is -1.19. The van der Waals surface area contributed by atoms with Gasteiger partial charge in [-0.2, -0.15) is 4.31 Å². The largest absolute Gasteiger partial charge is 0.480 e. The van der Waals surface area contributed by atoms with E-state index in [0.29, 0.717) is 19.6 Å². The smallest absolute Gasteiger partial charge is 0.318 e. The first kappa shape index (κ1) is 16.9. The zero-order chi connectivity index (χ0) is 15.3. The number of rotatable bonds is 6. The Morgan fingerprint density at radius 1 is 1.45 bits per heavy atom. The molecule has 9 heteroatoms. The van der Waals surface area contributed by atoms with Gasteiger partial charge in [0.25, 0.3) is 0 Å². The van der Waals surface area contributed by atoms with Gasteiger partial charge in [-0.1, -0.05) is 6.92 Å². The maximum absolute atomic E-state index is 11.6. The van der Waals surface area contributed by atoms with Crippen LogP contribution in [-0.2, 0) is 24.3 Å². The molecule has 1 rings (SSSR count). The lowest BCUT2D eigenvalue weighted by atomic mass is 10.2. The zero-order valence-corrected chi connectivity index (χ0v) is 12.4. The van der Waals surface area contributed by atoms with Gasteiger partial charge in [-0.3, -0.25) is 9.59 Å². The number of morpholine rings is 1. The van der Waals surface area contributed by atoms with Crippen LogP contribution in [0.1, 0.15) is 13.3 Å². The molecule has 0 radical (unpaired) electrons. The van der Waals surface area contributed by atoms with Gasteiger partial charge in [0.1, 0.15) is 6.54 Å². The van der Waals surface area contributed by atoms with Crippen LogP contribution < -0.4 is 0 Å². The Morgan fingerprint density at radius 3 is 2.60 bits per heavy atom. The highest BCUT2D eigenvalue weighted by Crippen LogP contribution is 2.10. The Balaban J connectivity index is 2.68. The normalized spacial score (nSPS) is 20.1. The highest BCUT2D eigenvalue weighted by Gasteiger charge is 2.29. The van der Waals surface area contributed by atoms with E-state index in [9.17, 15) is 18.0 Å². The highest BCUT2D eigenvalue weighted by atomic mass is 32.2. The van der Waals surface area contributed by atoms with E-state index >= 15 is 0 Å². The van der Waals surface area contributed by atoms with Gasteiger partial charge in [-0.25, -0.2) is 8.42 Å². The van der Waals surface area contributed by atoms with Gasteiger partial charge in [0, 0.05) is 26.1 Å². The van der Waals surface area contributed by atoms with Crippen molar-refractivity contribution in [2.24, 2.45) is 0 Å². The summed E-state index contributed by atoms with van der Waals surface area (Å²) < 4.78 is 29.3. The lowest BCUT2D eigenvalue weighted by Gasteiger charge is -2.34. The summed E-state index contributed by atoms with van der Waals surface area (Å²) in [6.07, 6.45) is 0.819. The molecule has 8 nitrogen and oxygen atoms in total. The summed E-state index contributed by atoms with van der Waals surface area (Å²) >= 11 is 0. The summed E-state index contributed by atoms with van der Waals surface area (Å²) in [6.45, 7) is 2.14. The van der Waals surface area contributed by atoms with Crippen molar-refractivity contribution in [2.75, 3.05) is 39.0 Å². The first-order valence-electron chi connectivity index (χ1n) is 6.30. The number of carboxylic acids is 1. The van der Waals surface area contributed by atoms with E-state index in [1.54, 1.807) is 11.8 Å². The molecule has 1 aliphatic heterocycles. The minimum absolute atomic E-state index is 0.0255. The molecule has 1 N–H and O–H groups in total. The molecule has 116 valence electrons. The number of sulfonamides is 1. The Kier molecular flexibility index (Phi) is 5.90. The SMILES string of the molecule is CCC(=O)N1CCOC(CN(CC(=O)O)S(C)(=O)=O)C1. The molecule has 0 aromatic carbocycles. The second-order valence-corrected chi connectivity index (χ2v) is 6.62. The minimum atomic E-state index is -3.63. The second kappa shape index (κ2) is 7.00. The van der Waals surface area contributed by atoms with Crippen molar-refractivity contribution in [1.82, 2.24) is 9.21 Å². The maximum Gasteiger partial charge on any atom is 0.318 e. The quantitative estimate of drug-likeness (QED) is 0.673. The highest BCUT2D eigenvalue weighted by molar-refractivity contribution is 7.88. The molecular weight excluding hydrogens is 288 g/mol. The molecule has 0 bridgehead atoms. The average Bonchev–Trinajstić information content (AvgIpc) is 2.36. The summed E-state index contributed by atoms with van der Waals surface area (Å²) in [5.41, 5.74) is 0. The molecule has 0 aliphatic carbocycles. The second-order valence-electron chi connectivity index (χ2n) is 4.64. The van der Waals surface area contributed by atoms with E-state index in [1.165, 1.54) is 0 Å². The van der Waals surface area contributed by atoms with Crippen LogP contribution in [0.5, 0.6) is 0 Å².